The largest absolute Gasteiger partial charge is 0.460 e. The molecule has 0 aliphatic heterocycles. The molecule has 0 spiro atoms. The van der Waals surface area contributed by atoms with Gasteiger partial charge in [-0.1, -0.05) is 36.4 Å². The van der Waals surface area contributed by atoms with Crippen LogP contribution in [0.1, 0.15) is 21.5 Å². The van der Waals surface area contributed by atoms with E-state index in [1.54, 1.807) is 24.3 Å². The standard InChI is InChI=1S/C17H9F7O/c18-15(19,16(20,21)17(22,23)24)14(25)10-5-6-13-11(8-10)7-9-3-1-2-4-12(9)13/h1-6,8H,7H2. The van der Waals surface area contributed by atoms with Crippen LogP contribution in [-0.2, 0) is 6.42 Å². The van der Waals surface area contributed by atoms with Crippen molar-refractivity contribution in [1.82, 2.24) is 0 Å². The van der Waals surface area contributed by atoms with E-state index in [0.29, 0.717) is 11.1 Å². The van der Waals surface area contributed by atoms with Crippen LogP contribution >= 0.6 is 0 Å². The quantitative estimate of drug-likeness (QED) is 0.458. The van der Waals surface area contributed by atoms with E-state index in [0.717, 1.165) is 23.3 Å². The minimum Gasteiger partial charge on any atom is -0.287 e. The second kappa shape index (κ2) is 5.31. The Kier molecular flexibility index (Phi) is 3.70. The van der Waals surface area contributed by atoms with Crippen molar-refractivity contribution in [2.45, 2.75) is 24.4 Å². The molecule has 0 saturated carbocycles. The fraction of sp³-hybridized carbons (Fsp3) is 0.235. The molecular formula is C17H9F7O. The maximum absolute atomic E-state index is 13.6. The molecule has 0 bridgehead atoms. The highest BCUT2D eigenvalue weighted by molar-refractivity contribution is 6.03. The number of fused-ring (bicyclic) bond motifs is 3. The molecule has 0 radical (unpaired) electrons. The number of carbonyl (C=O) groups is 1. The van der Waals surface area contributed by atoms with E-state index in [-0.39, 0.29) is 6.42 Å². The third-order valence-corrected chi connectivity index (χ3v) is 4.09. The molecule has 0 unspecified atom stereocenters. The van der Waals surface area contributed by atoms with Gasteiger partial charge in [-0.3, -0.25) is 4.79 Å². The van der Waals surface area contributed by atoms with Gasteiger partial charge in [-0.2, -0.15) is 30.7 Å². The van der Waals surface area contributed by atoms with Crippen molar-refractivity contribution in [1.29, 1.82) is 0 Å². The van der Waals surface area contributed by atoms with Crippen molar-refractivity contribution in [3.8, 4) is 11.1 Å². The van der Waals surface area contributed by atoms with Gasteiger partial charge in [0.25, 0.3) is 0 Å². The van der Waals surface area contributed by atoms with Gasteiger partial charge in [0, 0.05) is 5.56 Å². The van der Waals surface area contributed by atoms with Gasteiger partial charge in [0.1, 0.15) is 0 Å². The fourth-order valence-corrected chi connectivity index (χ4v) is 2.79. The smallest absolute Gasteiger partial charge is 0.287 e. The first-order chi connectivity index (χ1) is 11.5. The van der Waals surface area contributed by atoms with E-state index in [2.05, 4.69) is 0 Å². The summed E-state index contributed by atoms with van der Waals surface area (Å²) in [5.41, 5.74) is 1.79. The summed E-state index contributed by atoms with van der Waals surface area (Å²) in [6, 6.07) is 10.1. The maximum atomic E-state index is 13.6. The van der Waals surface area contributed by atoms with Crippen molar-refractivity contribution in [3.05, 3.63) is 59.2 Å². The van der Waals surface area contributed by atoms with Crippen LogP contribution in [0.3, 0.4) is 0 Å². The summed E-state index contributed by atoms with van der Waals surface area (Å²) in [4.78, 5) is 11.7. The predicted octanol–water partition coefficient (Wildman–Crippen LogP) is 5.27. The number of hydrogen-bond acceptors (Lipinski definition) is 1. The van der Waals surface area contributed by atoms with E-state index < -0.39 is 29.4 Å². The number of hydrogen-bond donors (Lipinski definition) is 0. The van der Waals surface area contributed by atoms with Gasteiger partial charge in [-0.25, -0.2) is 0 Å². The Morgan fingerprint density at radius 3 is 2.04 bits per heavy atom. The van der Waals surface area contributed by atoms with E-state index in [9.17, 15) is 35.5 Å². The van der Waals surface area contributed by atoms with Crippen molar-refractivity contribution in [2.24, 2.45) is 0 Å². The summed E-state index contributed by atoms with van der Waals surface area (Å²) in [7, 11) is 0. The second-order valence-corrected chi connectivity index (χ2v) is 5.68. The molecule has 3 rings (SSSR count). The lowest BCUT2D eigenvalue weighted by Crippen LogP contribution is -2.56. The molecule has 1 aliphatic rings. The third kappa shape index (κ3) is 2.51. The van der Waals surface area contributed by atoms with Crippen molar-refractivity contribution >= 4 is 5.78 Å². The summed E-state index contributed by atoms with van der Waals surface area (Å²) >= 11 is 0. The number of alkyl halides is 7. The van der Waals surface area contributed by atoms with Gasteiger partial charge in [0.2, 0.25) is 5.78 Å². The van der Waals surface area contributed by atoms with Gasteiger partial charge in [-0.05, 0) is 34.7 Å². The Morgan fingerprint density at radius 2 is 1.40 bits per heavy atom. The van der Waals surface area contributed by atoms with Gasteiger partial charge >= 0.3 is 18.0 Å². The zero-order chi connectivity index (χ0) is 18.6. The molecule has 1 aliphatic carbocycles. The van der Waals surface area contributed by atoms with Crippen LogP contribution in [-0.4, -0.2) is 23.8 Å². The molecule has 0 aromatic heterocycles. The molecule has 1 nitrogen and oxygen atoms in total. The number of rotatable bonds is 3. The molecular weight excluding hydrogens is 353 g/mol. The highest BCUT2D eigenvalue weighted by Gasteiger charge is 2.76. The lowest BCUT2D eigenvalue weighted by Gasteiger charge is -2.27. The summed E-state index contributed by atoms with van der Waals surface area (Å²) < 4.78 is 89.9. The molecule has 2 aromatic carbocycles. The van der Waals surface area contributed by atoms with Crippen LogP contribution in [0.25, 0.3) is 11.1 Å². The first-order valence-corrected chi connectivity index (χ1v) is 7.05. The summed E-state index contributed by atoms with van der Waals surface area (Å²) in [5, 5.41) is 0. The Morgan fingerprint density at radius 1 is 0.800 bits per heavy atom. The fourth-order valence-electron chi connectivity index (χ4n) is 2.79. The first-order valence-electron chi connectivity index (χ1n) is 7.05. The number of Topliss-reactive ketones (excluding diaryl/α,β-unsaturated/α-hetero) is 1. The number of benzene rings is 2. The topological polar surface area (TPSA) is 17.1 Å². The Labute approximate surface area is 137 Å². The van der Waals surface area contributed by atoms with Gasteiger partial charge in [0.05, 0.1) is 0 Å². The van der Waals surface area contributed by atoms with Crippen LogP contribution in [0, 0.1) is 0 Å². The summed E-state index contributed by atoms with van der Waals surface area (Å²) in [6.45, 7) is 0. The molecule has 0 fully saturated rings. The SMILES string of the molecule is O=C(c1ccc2c(c1)Cc1ccccc1-2)C(F)(F)C(F)(F)C(F)(F)F. The van der Waals surface area contributed by atoms with Crippen LogP contribution in [0.2, 0.25) is 0 Å². The summed E-state index contributed by atoms with van der Waals surface area (Å²) in [5.74, 6) is -14.9. The average molecular weight is 362 g/mol. The highest BCUT2D eigenvalue weighted by Crippen LogP contribution is 2.48. The van der Waals surface area contributed by atoms with E-state index >= 15 is 0 Å². The van der Waals surface area contributed by atoms with Gasteiger partial charge in [-0.15, -0.1) is 0 Å². The average Bonchev–Trinajstić information content (AvgIpc) is 2.90. The van der Waals surface area contributed by atoms with Crippen molar-refractivity contribution in [3.63, 3.8) is 0 Å². The van der Waals surface area contributed by atoms with E-state index in [1.165, 1.54) is 6.07 Å². The van der Waals surface area contributed by atoms with E-state index in [1.807, 2.05) is 0 Å². The summed E-state index contributed by atoms with van der Waals surface area (Å²) in [6.07, 6.45) is -6.27. The lowest BCUT2D eigenvalue weighted by molar-refractivity contribution is -0.339. The monoisotopic (exact) mass is 362 g/mol. The van der Waals surface area contributed by atoms with Crippen LogP contribution in [0.5, 0.6) is 0 Å². The predicted molar refractivity (Wildman–Crippen MR) is 75.0 cm³/mol. The number of halogens is 7. The van der Waals surface area contributed by atoms with Crippen LogP contribution in [0.15, 0.2) is 42.5 Å². The Bertz CT molecular complexity index is 852. The molecule has 0 heterocycles. The third-order valence-electron chi connectivity index (χ3n) is 4.09. The maximum Gasteiger partial charge on any atom is 0.460 e. The van der Waals surface area contributed by atoms with Crippen molar-refractivity contribution < 1.29 is 35.5 Å². The molecule has 0 amide bonds. The zero-order valence-electron chi connectivity index (χ0n) is 12.3. The normalized spacial score (nSPS) is 14.2. The molecule has 2 aromatic rings. The molecule has 8 heteroatoms. The molecule has 25 heavy (non-hydrogen) atoms. The molecule has 0 N–H and O–H groups in total. The Hall–Kier alpha value is -2.38. The van der Waals surface area contributed by atoms with Gasteiger partial charge < -0.3 is 0 Å². The van der Waals surface area contributed by atoms with Crippen LogP contribution in [0.4, 0.5) is 30.7 Å². The first kappa shape index (κ1) is 17.4. The second-order valence-electron chi connectivity index (χ2n) is 5.68. The lowest BCUT2D eigenvalue weighted by atomic mass is 9.96. The zero-order valence-corrected chi connectivity index (χ0v) is 12.3. The van der Waals surface area contributed by atoms with Gasteiger partial charge in [0.15, 0.2) is 0 Å². The molecule has 0 saturated heterocycles. The van der Waals surface area contributed by atoms with Crippen LogP contribution < -0.4 is 0 Å². The Balaban J connectivity index is 1.99. The van der Waals surface area contributed by atoms with Crippen molar-refractivity contribution in [2.75, 3.05) is 0 Å². The van der Waals surface area contributed by atoms with E-state index in [4.69, 9.17) is 0 Å². The molecule has 0 atom stereocenters. The highest BCUT2D eigenvalue weighted by atomic mass is 19.4. The minimum atomic E-state index is -6.54. The number of carbonyl (C=O) groups excluding carboxylic acids is 1. The number of ketones is 1. The molecule has 132 valence electrons. The minimum absolute atomic E-state index is 0.272.